The van der Waals surface area contributed by atoms with Crippen molar-refractivity contribution in [1.82, 2.24) is 24.8 Å². The summed E-state index contributed by atoms with van der Waals surface area (Å²) in [6.07, 6.45) is 4.96. The van der Waals surface area contributed by atoms with E-state index in [1.807, 2.05) is 12.1 Å². The zero-order valence-corrected chi connectivity index (χ0v) is 20.9. The zero-order chi connectivity index (χ0) is 26.3. The Morgan fingerprint density at radius 2 is 1.97 bits per heavy atom. The standard InChI is InChI=1S/C24H26FN7O4S/c1-15(33)30-10-8-17(12-30)20-11-21(22-23(26)27-14-28-32(20)22)31-9-2-3-18(13-31)29-24(34)16-4-6-19(7-5-16)37(25,35)36/h4-8,11,14,18H,2-3,9-10,12-13H2,1H3,(H,29,34)(H2,26,27,28)/t18-/m1/s1. The van der Waals surface area contributed by atoms with Gasteiger partial charge in [-0.25, -0.2) is 9.50 Å². The summed E-state index contributed by atoms with van der Waals surface area (Å²) in [4.78, 5) is 32.2. The van der Waals surface area contributed by atoms with Crippen LogP contribution in [0.1, 0.15) is 35.8 Å². The number of aromatic nitrogens is 3. The van der Waals surface area contributed by atoms with Gasteiger partial charge in [0.1, 0.15) is 11.8 Å². The number of amides is 2. The molecule has 1 fully saturated rings. The summed E-state index contributed by atoms with van der Waals surface area (Å²) < 4.78 is 37.0. The van der Waals surface area contributed by atoms with E-state index < -0.39 is 15.1 Å². The molecule has 3 N–H and O–H groups in total. The Balaban J connectivity index is 1.37. The first-order chi connectivity index (χ1) is 17.6. The number of carbonyl (C=O) groups excluding carboxylic acids is 2. The van der Waals surface area contributed by atoms with Crippen LogP contribution in [0.25, 0.3) is 11.1 Å². The zero-order valence-electron chi connectivity index (χ0n) is 20.1. The Labute approximate surface area is 213 Å². The Morgan fingerprint density at radius 3 is 2.65 bits per heavy atom. The van der Waals surface area contributed by atoms with Crippen molar-refractivity contribution in [3.63, 3.8) is 0 Å². The molecule has 0 spiro atoms. The second kappa shape index (κ2) is 9.47. The number of hydrogen-bond donors (Lipinski definition) is 2. The van der Waals surface area contributed by atoms with E-state index in [2.05, 4.69) is 20.3 Å². The van der Waals surface area contributed by atoms with Crippen LogP contribution >= 0.6 is 0 Å². The molecule has 1 aromatic carbocycles. The molecule has 0 unspecified atom stereocenters. The summed E-state index contributed by atoms with van der Waals surface area (Å²) in [6, 6.07) is 6.52. The third-order valence-corrected chi connectivity index (χ3v) is 7.59. The predicted molar refractivity (Wildman–Crippen MR) is 135 cm³/mol. The normalized spacial score (nSPS) is 18.2. The van der Waals surface area contributed by atoms with Crippen LogP contribution in [0.15, 0.2) is 47.6 Å². The van der Waals surface area contributed by atoms with Crippen molar-refractivity contribution >= 4 is 44.6 Å². The summed E-state index contributed by atoms with van der Waals surface area (Å²) in [5.74, 6) is -0.0512. The maximum absolute atomic E-state index is 13.2. The van der Waals surface area contributed by atoms with Crippen molar-refractivity contribution in [1.29, 1.82) is 0 Å². The van der Waals surface area contributed by atoms with Crippen LogP contribution in [0.3, 0.4) is 0 Å². The lowest BCUT2D eigenvalue weighted by molar-refractivity contribution is -0.127. The number of fused-ring (bicyclic) bond motifs is 1. The number of piperidine rings is 1. The molecule has 2 aliphatic heterocycles. The van der Waals surface area contributed by atoms with Crippen LogP contribution in [0.4, 0.5) is 15.4 Å². The third-order valence-electron chi connectivity index (χ3n) is 6.75. The van der Waals surface area contributed by atoms with Gasteiger partial charge in [-0.1, -0.05) is 6.08 Å². The third kappa shape index (κ3) is 4.86. The average molecular weight is 528 g/mol. The number of rotatable bonds is 5. The van der Waals surface area contributed by atoms with E-state index in [-0.39, 0.29) is 23.4 Å². The highest BCUT2D eigenvalue weighted by molar-refractivity contribution is 7.86. The topological polar surface area (TPSA) is 143 Å². The molecule has 0 saturated carbocycles. The van der Waals surface area contributed by atoms with Crippen molar-refractivity contribution in [2.45, 2.75) is 30.7 Å². The SMILES string of the molecule is CC(=O)N1CC=C(c2cc(N3CCC[C@@H](NC(=O)c4ccc(S(=O)(=O)F)cc4)C3)c3c(N)ncnn23)C1. The highest BCUT2D eigenvalue weighted by Crippen LogP contribution is 2.34. The van der Waals surface area contributed by atoms with Gasteiger partial charge in [0.05, 0.1) is 16.3 Å². The van der Waals surface area contributed by atoms with Gasteiger partial charge in [0.25, 0.3) is 5.91 Å². The Morgan fingerprint density at radius 1 is 1.22 bits per heavy atom. The lowest BCUT2D eigenvalue weighted by atomic mass is 10.0. The van der Waals surface area contributed by atoms with E-state index >= 15 is 0 Å². The van der Waals surface area contributed by atoms with E-state index in [4.69, 9.17) is 5.73 Å². The Bertz CT molecular complexity index is 1520. The maximum atomic E-state index is 13.2. The van der Waals surface area contributed by atoms with Crippen LogP contribution in [0.2, 0.25) is 0 Å². The van der Waals surface area contributed by atoms with Crippen molar-refractivity contribution in [3.05, 3.63) is 54.0 Å². The molecule has 0 aliphatic carbocycles. The van der Waals surface area contributed by atoms with E-state index in [1.54, 1.807) is 9.42 Å². The summed E-state index contributed by atoms with van der Waals surface area (Å²) in [6.45, 7) is 3.80. The molecule has 194 valence electrons. The smallest absolute Gasteiger partial charge is 0.332 e. The minimum atomic E-state index is -4.83. The van der Waals surface area contributed by atoms with Crippen molar-refractivity contribution in [2.75, 3.05) is 36.8 Å². The van der Waals surface area contributed by atoms with E-state index in [0.29, 0.717) is 31.0 Å². The van der Waals surface area contributed by atoms with Crippen LogP contribution in [0, 0.1) is 0 Å². The molecular weight excluding hydrogens is 501 g/mol. The fourth-order valence-corrected chi connectivity index (χ4v) is 5.31. The van der Waals surface area contributed by atoms with Gasteiger partial charge >= 0.3 is 10.2 Å². The number of nitrogen functional groups attached to an aromatic ring is 1. The first-order valence-electron chi connectivity index (χ1n) is 11.8. The van der Waals surface area contributed by atoms with Crippen molar-refractivity contribution in [3.8, 4) is 0 Å². The summed E-state index contributed by atoms with van der Waals surface area (Å²) in [5, 5.41) is 7.41. The number of hydrogen-bond acceptors (Lipinski definition) is 8. The fourth-order valence-electron chi connectivity index (χ4n) is 4.85. The molecule has 3 aromatic rings. The van der Waals surface area contributed by atoms with Gasteiger partial charge in [-0.15, -0.1) is 3.89 Å². The first-order valence-corrected chi connectivity index (χ1v) is 13.2. The number of benzene rings is 1. The quantitative estimate of drug-likeness (QED) is 0.477. The minimum Gasteiger partial charge on any atom is -0.382 e. The minimum absolute atomic E-state index is 0.00273. The lowest BCUT2D eigenvalue weighted by Gasteiger charge is -2.34. The molecule has 1 saturated heterocycles. The molecule has 4 heterocycles. The first kappa shape index (κ1) is 24.7. The molecule has 5 rings (SSSR count). The summed E-state index contributed by atoms with van der Waals surface area (Å²) >= 11 is 0. The molecule has 0 radical (unpaired) electrons. The predicted octanol–water partition coefficient (Wildman–Crippen LogP) is 1.61. The van der Waals surface area contributed by atoms with Gasteiger partial charge in [0, 0.05) is 44.7 Å². The monoisotopic (exact) mass is 527 g/mol. The van der Waals surface area contributed by atoms with Crippen molar-refractivity contribution in [2.24, 2.45) is 0 Å². The molecule has 0 bridgehead atoms. The molecule has 13 heteroatoms. The lowest BCUT2D eigenvalue weighted by Crippen LogP contribution is -2.47. The molecule has 1 atom stereocenters. The number of nitrogens with zero attached hydrogens (tertiary/aromatic N) is 5. The number of nitrogens with one attached hydrogen (secondary N) is 1. The highest BCUT2D eigenvalue weighted by Gasteiger charge is 2.28. The summed E-state index contributed by atoms with van der Waals surface area (Å²) in [7, 11) is -4.83. The highest BCUT2D eigenvalue weighted by atomic mass is 32.3. The summed E-state index contributed by atoms with van der Waals surface area (Å²) in [5.41, 5.74) is 9.80. The molecule has 2 amide bonds. The number of nitrogens with two attached hydrogens (primary N) is 1. The second-order valence-electron chi connectivity index (χ2n) is 9.17. The second-order valence-corrected chi connectivity index (χ2v) is 10.5. The van der Waals surface area contributed by atoms with Crippen LogP contribution in [-0.4, -0.2) is 72.0 Å². The van der Waals surface area contributed by atoms with E-state index in [9.17, 15) is 21.9 Å². The van der Waals surface area contributed by atoms with Gasteiger partial charge in [-0.05, 0) is 48.7 Å². The van der Waals surface area contributed by atoms with Gasteiger partial charge in [-0.3, -0.25) is 9.59 Å². The molecule has 37 heavy (non-hydrogen) atoms. The van der Waals surface area contributed by atoms with Crippen molar-refractivity contribution < 1.29 is 21.9 Å². The van der Waals surface area contributed by atoms with Crippen LogP contribution < -0.4 is 16.0 Å². The average Bonchev–Trinajstić information content (AvgIpc) is 3.50. The number of halogens is 1. The maximum Gasteiger partial charge on any atom is 0.332 e. The van der Waals surface area contributed by atoms with Gasteiger partial charge in [0.15, 0.2) is 5.82 Å². The van der Waals surface area contributed by atoms with Gasteiger partial charge in [-0.2, -0.15) is 13.5 Å². The number of anilines is 2. The number of carbonyl (C=O) groups is 2. The van der Waals surface area contributed by atoms with Crippen LogP contribution in [0.5, 0.6) is 0 Å². The molecule has 11 nitrogen and oxygen atoms in total. The van der Waals surface area contributed by atoms with Crippen LogP contribution in [-0.2, 0) is 15.0 Å². The molecular formula is C24H26FN7O4S. The Hall–Kier alpha value is -4.00. The van der Waals surface area contributed by atoms with E-state index in [1.165, 1.54) is 25.4 Å². The Kier molecular flexibility index (Phi) is 6.31. The van der Waals surface area contributed by atoms with E-state index in [0.717, 1.165) is 48.5 Å². The molecule has 2 aromatic heterocycles. The van der Waals surface area contributed by atoms with Gasteiger partial charge in [0.2, 0.25) is 5.91 Å². The molecule has 2 aliphatic rings. The largest absolute Gasteiger partial charge is 0.382 e. The van der Waals surface area contributed by atoms with Gasteiger partial charge < -0.3 is 20.9 Å². The fraction of sp³-hybridized carbons (Fsp3) is 0.333.